The maximum atomic E-state index is 5.89. The number of aryl methyl sites for hydroxylation is 1. The smallest absolute Gasteiger partial charge is 0.261 e. The maximum absolute atomic E-state index is 5.89. The lowest BCUT2D eigenvalue weighted by Gasteiger charge is -2.08. The number of nitrogens with zero attached hydrogens (tertiary/aromatic N) is 5. The first kappa shape index (κ1) is 16.8. The van der Waals surface area contributed by atoms with E-state index >= 15 is 0 Å². The summed E-state index contributed by atoms with van der Waals surface area (Å²) < 4.78 is 12.9. The lowest BCUT2D eigenvalue weighted by molar-refractivity contribution is 0.287. The quantitative estimate of drug-likeness (QED) is 0.609. The second-order valence-corrected chi connectivity index (χ2v) is 7.16. The third-order valence-electron chi connectivity index (χ3n) is 4.36. The van der Waals surface area contributed by atoms with Gasteiger partial charge in [-0.05, 0) is 30.2 Å². The molecule has 3 aromatic rings. The van der Waals surface area contributed by atoms with E-state index in [2.05, 4.69) is 34.0 Å². The van der Waals surface area contributed by atoms with Crippen LogP contribution in [0.1, 0.15) is 13.8 Å². The van der Waals surface area contributed by atoms with Gasteiger partial charge >= 0.3 is 0 Å². The Morgan fingerprint density at radius 3 is 2.73 bits per heavy atom. The van der Waals surface area contributed by atoms with Crippen molar-refractivity contribution >= 4 is 0 Å². The fourth-order valence-electron chi connectivity index (χ4n) is 2.96. The average Bonchev–Trinajstić information content (AvgIpc) is 3.00. The molecule has 0 N–H and O–H groups in total. The Bertz CT molecular complexity index is 868. The Morgan fingerprint density at radius 2 is 2.04 bits per heavy atom. The van der Waals surface area contributed by atoms with Crippen LogP contribution in [-0.4, -0.2) is 50.6 Å². The molecule has 3 heterocycles. The fraction of sp³-hybridized carbons (Fsp3) is 0.421. The molecule has 7 nitrogen and oxygen atoms in total. The van der Waals surface area contributed by atoms with Gasteiger partial charge in [0.2, 0.25) is 5.82 Å². The summed E-state index contributed by atoms with van der Waals surface area (Å²) in [6.45, 7) is 7.50. The highest BCUT2D eigenvalue weighted by atomic mass is 16.5. The van der Waals surface area contributed by atoms with Crippen molar-refractivity contribution in [2.45, 2.75) is 19.9 Å². The van der Waals surface area contributed by atoms with Crippen molar-refractivity contribution in [2.75, 3.05) is 19.7 Å². The highest BCUT2D eigenvalue weighted by molar-refractivity contribution is 5.59. The zero-order chi connectivity index (χ0) is 18.1. The number of benzene rings is 1. The number of ether oxygens (including phenoxy) is 1. The van der Waals surface area contributed by atoms with Crippen LogP contribution in [0.4, 0.5) is 0 Å². The lowest BCUT2D eigenvalue weighted by atomic mass is 10.2. The van der Waals surface area contributed by atoms with Gasteiger partial charge in [-0.1, -0.05) is 19.0 Å². The highest BCUT2D eigenvalue weighted by Gasteiger charge is 2.34. The first-order valence-electron chi connectivity index (χ1n) is 8.88. The van der Waals surface area contributed by atoms with E-state index in [-0.39, 0.29) is 0 Å². The third kappa shape index (κ3) is 3.77. The van der Waals surface area contributed by atoms with E-state index in [1.165, 1.54) is 0 Å². The zero-order valence-corrected chi connectivity index (χ0v) is 15.3. The van der Waals surface area contributed by atoms with E-state index < -0.39 is 0 Å². The second-order valence-electron chi connectivity index (χ2n) is 7.16. The minimum atomic E-state index is 0.465. The molecule has 1 aliphatic rings. The van der Waals surface area contributed by atoms with Gasteiger partial charge in [0, 0.05) is 31.9 Å². The minimum Gasteiger partial charge on any atom is -0.492 e. The van der Waals surface area contributed by atoms with Crippen molar-refractivity contribution < 1.29 is 9.26 Å². The number of hydrogen-bond donors (Lipinski definition) is 0. The molecule has 136 valence electrons. The Morgan fingerprint density at radius 1 is 1.23 bits per heavy atom. The zero-order valence-electron chi connectivity index (χ0n) is 15.3. The molecule has 0 spiro atoms. The first-order valence-corrected chi connectivity index (χ1v) is 8.88. The predicted octanol–water partition coefficient (Wildman–Crippen LogP) is 2.86. The molecule has 4 rings (SSSR count). The molecule has 2 atom stereocenters. The lowest BCUT2D eigenvalue weighted by Crippen LogP contribution is -2.14. The number of hydrogen-bond acceptors (Lipinski definition) is 6. The summed E-state index contributed by atoms with van der Waals surface area (Å²) in [4.78, 5) is 6.88. The topological polar surface area (TPSA) is 69.0 Å². The van der Waals surface area contributed by atoms with Crippen LogP contribution in [0.2, 0.25) is 0 Å². The molecule has 0 bridgehead atoms. The monoisotopic (exact) mass is 353 g/mol. The van der Waals surface area contributed by atoms with Gasteiger partial charge < -0.3 is 9.26 Å². The molecular formula is C19H23N5O2. The van der Waals surface area contributed by atoms with Crippen molar-refractivity contribution in [3.05, 3.63) is 36.7 Å². The Labute approximate surface area is 152 Å². The summed E-state index contributed by atoms with van der Waals surface area (Å²) in [6.07, 6.45) is 3.55. The van der Waals surface area contributed by atoms with E-state index in [1.807, 2.05) is 37.5 Å². The summed E-state index contributed by atoms with van der Waals surface area (Å²) in [7, 11) is 1.85. The summed E-state index contributed by atoms with van der Waals surface area (Å²) in [6, 6.07) is 8.35. The summed E-state index contributed by atoms with van der Waals surface area (Å²) in [5.74, 6) is 2.58. The van der Waals surface area contributed by atoms with Crippen LogP contribution >= 0.6 is 0 Å². The maximum Gasteiger partial charge on any atom is 0.261 e. The van der Waals surface area contributed by atoms with Crippen LogP contribution in [0.3, 0.4) is 0 Å². The number of aromatic nitrogens is 4. The van der Waals surface area contributed by atoms with Gasteiger partial charge in [0.15, 0.2) is 0 Å². The predicted molar refractivity (Wildman–Crippen MR) is 97.6 cm³/mol. The molecule has 26 heavy (non-hydrogen) atoms. The van der Waals surface area contributed by atoms with E-state index in [4.69, 9.17) is 9.26 Å². The van der Waals surface area contributed by atoms with Gasteiger partial charge in [-0.3, -0.25) is 9.58 Å². The van der Waals surface area contributed by atoms with Crippen LogP contribution in [-0.2, 0) is 7.05 Å². The first-order chi connectivity index (χ1) is 12.6. The van der Waals surface area contributed by atoms with Gasteiger partial charge in [0.25, 0.3) is 5.89 Å². The molecule has 0 aliphatic carbocycles. The summed E-state index contributed by atoms with van der Waals surface area (Å²) in [5.41, 5.74) is 1.70. The van der Waals surface area contributed by atoms with E-state index in [0.717, 1.165) is 36.6 Å². The molecule has 1 aromatic carbocycles. The largest absolute Gasteiger partial charge is 0.492 e. The molecule has 1 aliphatic heterocycles. The fourth-order valence-corrected chi connectivity index (χ4v) is 2.96. The van der Waals surface area contributed by atoms with Gasteiger partial charge in [0.05, 0.1) is 17.8 Å². The van der Waals surface area contributed by atoms with Crippen molar-refractivity contribution in [1.82, 2.24) is 24.8 Å². The van der Waals surface area contributed by atoms with Gasteiger partial charge in [-0.25, -0.2) is 0 Å². The molecule has 1 fully saturated rings. The van der Waals surface area contributed by atoms with Gasteiger partial charge in [-0.2, -0.15) is 10.1 Å². The van der Waals surface area contributed by atoms with Gasteiger partial charge in [-0.15, -0.1) is 0 Å². The van der Waals surface area contributed by atoms with Gasteiger partial charge in [0.1, 0.15) is 12.4 Å². The summed E-state index contributed by atoms with van der Waals surface area (Å²) >= 11 is 0. The van der Waals surface area contributed by atoms with Crippen LogP contribution in [0.25, 0.3) is 22.8 Å². The molecule has 2 aromatic heterocycles. The molecule has 0 saturated carbocycles. The van der Waals surface area contributed by atoms with E-state index in [1.54, 1.807) is 10.9 Å². The van der Waals surface area contributed by atoms with Crippen LogP contribution in [0.5, 0.6) is 5.75 Å². The van der Waals surface area contributed by atoms with E-state index in [9.17, 15) is 0 Å². The third-order valence-corrected chi connectivity index (χ3v) is 4.36. The van der Waals surface area contributed by atoms with Crippen molar-refractivity contribution in [2.24, 2.45) is 13.0 Å². The SMILES string of the molecule is CC(C)CN1CC1COc1ccc(-c2noc(-c3cnn(C)c3)n2)cc1. The Balaban J connectivity index is 1.35. The standard InChI is InChI=1S/C19H23N5O2/c1-13(2)9-24-11-16(24)12-25-17-6-4-14(5-7-17)18-21-19(26-22-18)15-8-20-23(3)10-15/h4-8,10,13,16H,9,11-12H2,1-3H3. The van der Waals surface area contributed by atoms with E-state index in [0.29, 0.717) is 23.7 Å². The molecule has 0 radical (unpaired) electrons. The minimum absolute atomic E-state index is 0.465. The Kier molecular flexibility index (Phi) is 4.46. The molecule has 2 unspecified atom stereocenters. The second kappa shape index (κ2) is 6.92. The summed E-state index contributed by atoms with van der Waals surface area (Å²) in [5, 5.41) is 8.17. The highest BCUT2D eigenvalue weighted by Crippen LogP contribution is 2.25. The van der Waals surface area contributed by atoms with Crippen molar-refractivity contribution in [1.29, 1.82) is 0 Å². The average molecular weight is 353 g/mol. The van der Waals surface area contributed by atoms with Crippen LogP contribution in [0.15, 0.2) is 41.2 Å². The molecule has 1 saturated heterocycles. The van der Waals surface area contributed by atoms with Crippen LogP contribution < -0.4 is 4.74 Å². The normalized spacial score (nSPS) is 19.1. The van der Waals surface area contributed by atoms with Crippen molar-refractivity contribution in [3.63, 3.8) is 0 Å². The van der Waals surface area contributed by atoms with Crippen LogP contribution in [0, 0.1) is 5.92 Å². The molecular weight excluding hydrogens is 330 g/mol. The molecule has 0 amide bonds. The number of rotatable bonds is 7. The van der Waals surface area contributed by atoms with Crippen molar-refractivity contribution in [3.8, 4) is 28.6 Å². The Hall–Kier alpha value is -2.67. The molecule has 7 heteroatoms.